The Balaban J connectivity index is 2.21. The van der Waals surface area contributed by atoms with Crippen LogP contribution in [0.1, 0.15) is 30.1 Å². The zero-order valence-electron chi connectivity index (χ0n) is 12.5. The zero-order valence-corrected chi connectivity index (χ0v) is 12.5. The van der Waals surface area contributed by atoms with Gasteiger partial charge in [-0.05, 0) is 39.9 Å². The van der Waals surface area contributed by atoms with Gasteiger partial charge >= 0.3 is 5.97 Å². The number of likely N-dealkylation sites (N-methyl/N-ethyl adjacent to an activating group) is 1. The summed E-state index contributed by atoms with van der Waals surface area (Å²) >= 11 is 0. The van der Waals surface area contributed by atoms with Crippen molar-refractivity contribution in [2.45, 2.75) is 25.8 Å². The Morgan fingerprint density at radius 2 is 2.35 bits per heavy atom. The molecule has 1 aliphatic heterocycles. The summed E-state index contributed by atoms with van der Waals surface area (Å²) in [6.07, 6.45) is 5.67. The number of anilines is 1. The maximum absolute atomic E-state index is 12.0. The third-order valence-corrected chi connectivity index (χ3v) is 3.76. The Morgan fingerprint density at radius 1 is 1.55 bits per heavy atom. The SMILES string of the molecule is CCOC(=O)c1cnccc1N1CCC[C@@H](N(C)C)C1. The number of aromatic nitrogens is 1. The third kappa shape index (κ3) is 3.28. The Labute approximate surface area is 120 Å². The van der Waals surface area contributed by atoms with Gasteiger partial charge in [0.1, 0.15) is 5.56 Å². The van der Waals surface area contributed by atoms with Crippen molar-refractivity contribution >= 4 is 11.7 Å². The molecule has 2 rings (SSSR count). The largest absolute Gasteiger partial charge is 0.462 e. The molecule has 0 radical (unpaired) electrons. The number of pyridine rings is 1. The molecule has 1 atom stereocenters. The van der Waals surface area contributed by atoms with Crippen LogP contribution in [0, 0.1) is 0 Å². The van der Waals surface area contributed by atoms with Gasteiger partial charge in [0.15, 0.2) is 0 Å². The number of esters is 1. The highest BCUT2D eigenvalue weighted by Gasteiger charge is 2.25. The molecular formula is C15H23N3O2. The predicted molar refractivity (Wildman–Crippen MR) is 79.1 cm³/mol. The van der Waals surface area contributed by atoms with Gasteiger partial charge in [0, 0.05) is 31.5 Å². The van der Waals surface area contributed by atoms with Crippen molar-refractivity contribution in [2.24, 2.45) is 0 Å². The highest BCUT2D eigenvalue weighted by Crippen LogP contribution is 2.25. The average Bonchev–Trinajstić information content (AvgIpc) is 2.47. The van der Waals surface area contributed by atoms with E-state index in [4.69, 9.17) is 4.74 Å². The molecule has 1 aromatic heterocycles. The van der Waals surface area contributed by atoms with Crippen molar-refractivity contribution in [3.63, 3.8) is 0 Å². The fourth-order valence-corrected chi connectivity index (χ4v) is 2.62. The molecule has 1 aromatic rings. The normalized spacial score (nSPS) is 19.2. The lowest BCUT2D eigenvalue weighted by Crippen LogP contribution is -2.45. The summed E-state index contributed by atoms with van der Waals surface area (Å²) in [6.45, 7) is 4.11. The summed E-state index contributed by atoms with van der Waals surface area (Å²) in [5, 5.41) is 0. The van der Waals surface area contributed by atoms with Crippen LogP contribution in [0.25, 0.3) is 0 Å². The van der Waals surface area contributed by atoms with Crippen molar-refractivity contribution in [3.05, 3.63) is 24.0 Å². The minimum absolute atomic E-state index is 0.289. The van der Waals surface area contributed by atoms with Crippen LogP contribution < -0.4 is 4.90 Å². The second-order valence-corrected chi connectivity index (χ2v) is 5.32. The first-order valence-corrected chi connectivity index (χ1v) is 7.16. The molecule has 0 saturated carbocycles. The first kappa shape index (κ1) is 14.8. The standard InChI is InChI=1S/C15H23N3O2/c1-4-20-15(19)13-10-16-8-7-14(13)18-9-5-6-12(11-18)17(2)3/h7-8,10,12H,4-6,9,11H2,1-3H3/t12-/m1/s1. The molecule has 0 aliphatic carbocycles. The molecule has 1 aliphatic rings. The van der Waals surface area contributed by atoms with Gasteiger partial charge in [-0.3, -0.25) is 4.98 Å². The van der Waals surface area contributed by atoms with Crippen molar-refractivity contribution in [2.75, 3.05) is 38.7 Å². The predicted octanol–water partition coefficient (Wildman–Crippen LogP) is 1.79. The maximum Gasteiger partial charge on any atom is 0.341 e. The molecular weight excluding hydrogens is 254 g/mol. The number of carbonyl (C=O) groups is 1. The lowest BCUT2D eigenvalue weighted by atomic mass is 10.0. The fraction of sp³-hybridized carbons (Fsp3) is 0.600. The van der Waals surface area contributed by atoms with Gasteiger partial charge in [-0.1, -0.05) is 0 Å². The van der Waals surface area contributed by atoms with Gasteiger partial charge in [-0.15, -0.1) is 0 Å². The van der Waals surface area contributed by atoms with Crippen LogP contribution in [0.5, 0.6) is 0 Å². The molecule has 0 amide bonds. The van der Waals surface area contributed by atoms with Gasteiger partial charge in [0.05, 0.1) is 12.3 Å². The van der Waals surface area contributed by atoms with E-state index in [1.165, 1.54) is 6.42 Å². The van der Waals surface area contributed by atoms with Crippen molar-refractivity contribution < 1.29 is 9.53 Å². The molecule has 0 aromatic carbocycles. The lowest BCUT2D eigenvalue weighted by molar-refractivity contribution is 0.0526. The second-order valence-electron chi connectivity index (χ2n) is 5.32. The van der Waals surface area contributed by atoms with E-state index in [2.05, 4.69) is 28.9 Å². The van der Waals surface area contributed by atoms with Crippen LogP contribution in [0.15, 0.2) is 18.5 Å². The highest BCUT2D eigenvalue weighted by atomic mass is 16.5. The minimum atomic E-state index is -0.289. The molecule has 5 nitrogen and oxygen atoms in total. The number of hydrogen-bond acceptors (Lipinski definition) is 5. The quantitative estimate of drug-likeness (QED) is 0.785. The van der Waals surface area contributed by atoms with Crippen molar-refractivity contribution in [3.8, 4) is 0 Å². The van der Waals surface area contributed by atoms with E-state index in [0.717, 1.165) is 25.2 Å². The Kier molecular flexibility index (Phi) is 4.95. The molecule has 20 heavy (non-hydrogen) atoms. The number of ether oxygens (including phenoxy) is 1. The summed E-state index contributed by atoms with van der Waals surface area (Å²) in [5.41, 5.74) is 1.50. The average molecular weight is 277 g/mol. The summed E-state index contributed by atoms with van der Waals surface area (Å²) in [4.78, 5) is 20.6. The van der Waals surface area contributed by atoms with Crippen molar-refractivity contribution in [1.29, 1.82) is 0 Å². The Bertz CT molecular complexity index is 462. The highest BCUT2D eigenvalue weighted by molar-refractivity contribution is 5.95. The minimum Gasteiger partial charge on any atom is -0.462 e. The number of nitrogens with zero attached hydrogens (tertiary/aromatic N) is 3. The molecule has 0 unspecified atom stereocenters. The molecule has 0 spiro atoms. The van der Waals surface area contributed by atoms with E-state index in [1.807, 2.05) is 13.0 Å². The van der Waals surface area contributed by atoms with E-state index < -0.39 is 0 Å². The van der Waals surface area contributed by atoms with E-state index >= 15 is 0 Å². The molecule has 0 N–H and O–H groups in total. The zero-order chi connectivity index (χ0) is 14.5. The first-order valence-electron chi connectivity index (χ1n) is 7.16. The van der Waals surface area contributed by atoms with Crippen LogP contribution in [-0.4, -0.2) is 55.7 Å². The van der Waals surface area contributed by atoms with Gasteiger partial charge in [0.2, 0.25) is 0 Å². The van der Waals surface area contributed by atoms with E-state index in [-0.39, 0.29) is 5.97 Å². The second kappa shape index (κ2) is 6.70. The van der Waals surface area contributed by atoms with Crippen LogP contribution >= 0.6 is 0 Å². The topological polar surface area (TPSA) is 45.7 Å². The summed E-state index contributed by atoms with van der Waals surface area (Å²) in [6, 6.07) is 2.43. The number of piperidine rings is 1. The summed E-state index contributed by atoms with van der Waals surface area (Å²) in [5.74, 6) is -0.289. The van der Waals surface area contributed by atoms with Crippen LogP contribution in [0.3, 0.4) is 0 Å². The first-order chi connectivity index (χ1) is 9.63. The van der Waals surface area contributed by atoms with Crippen LogP contribution in [0.2, 0.25) is 0 Å². The summed E-state index contributed by atoms with van der Waals surface area (Å²) in [7, 11) is 4.21. The number of hydrogen-bond donors (Lipinski definition) is 0. The van der Waals surface area contributed by atoms with Crippen molar-refractivity contribution in [1.82, 2.24) is 9.88 Å². The number of carbonyl (C=O) groups excluding carboxylic acids is 1. The Hall–Kier alpha value is -1.62. The van der Waals surface area contributed by atoms with E-state index in [9.17, 15) is 4.79 Å². The maximum atomic E-state index is 12.0. The smallest absolute Gasteiger partial charge is 0.341 e. The molecule has 1 saturated heterocycles. The molecule has 1 fully saturated rings. The molecule has 5 heteroatoms. The van der Waals surface area contributed by atoms with Crippen LogP contribution in [0.4, 0.5) is 5.69 Å². The van der Waals surface area contributed by atoms with E-state index in [0.29, 0.717) is 18.2 Å². The number of rotatable bonds is 4. The Morgan fingerprint density at radius 3 is 3.05 bits per heavy atom. The molecule has 110 valence electrons. The van der Waals surface area contributed by atoms with Gasteiger partial charge in [-0.25, -0.2) is 4.79 Å². The van der Waals surface area contributed by atoms with Gasteiger partial charge < -0.3 is 14.5 Å². The summed E-state index contributed by atoms with van der Waals surface area (Å²) < 4.78 is 5.12. The van der Waals surface area contributed by atoms with Gasteiger partial charge in [0.25, 0.3) is 0 Å². The lowest BCUT2D eigenvalue weighted by Gasteiger charge is -2.38. The van der Waals surface area contributed by atoms with Crippen LogP contribution in [-0.2, 0) is 4.74 Å². The fourth-order valence-electron chi connectivity index (χ4n) is 2.62. The third-order valence-electron chi connectivity index (χ3n) is 3.76. The molecule has 2 heterocycles. The van der Waals surface area contributed by atoms with E-state index in [1.54, 1.807) is 12.4 Å². The molecule has 0 bridgehead atoms. The van der Waals surface area contributed by atoms with Gasteiger partial charge in [-0.2, -0.15) is 0 Å². The monoisotopic (exact) mass is 277 g/mol.